The fourth-order valence-corrected chi connectivity index (χ4v) is 1.77. The molecule has 0 aliphatic heterocycles. The molecule has 1 rings (SSSR count). The van der Waals surface area contributed by atoms with Crippen LogP contribution in [0, 0.1) is 6.92 Å². The van der Waals surface area contributed by atoms with Gasteiger partial charge >= 0.3 is 0 Å². The van der Waals surface area contributed by atoms with Crippen molar-refractivity contribution in [3.8, 4) is 0 Å². The fourth-order valence-electron chi connectivity index (χ4n) is 1.53. The van der Waals surface area contributed by atoms with Crippen LogP contribution >= 0.6 is 15.9 Å². The second-order valence-electron chi connectivity index (χ2n) is 5.57. The van der Waals surface area contributed by atoms with Gasteiger partial charge in [0.25, 0.3) is 0 Å². The Balaban J connectivity index is 2.66. The highest BCUT2D eigenvalue weighted by molar-refractivity contribution is 9.10. The van der Waals surface area contributed by atoms with Crippen LogP contribution in [0.4, 0.5) is 5.69 Å². The van der Waals surface area contributed by atoms with E-state index in [1.54, 1.807) is 0 Å². The van der Waals surface area contributed by atoms with Crippen LogP contribution < -0.4 is 10.6 Å². The predicted octanol–water partition coefficient (Wildman–Crippen LogP) is 3.47. The van der Waals surface area contributed by atoms with Gasteiger partial charge in [0.1, 0.15) is 6.04 Å². The maximum atomic E-state index is 11.9. The van der Waals surface area contributed by atoms with E-state index in [-0.39, 0.29) is 17.5 Å². The maximum absolute atomic E-state index is 11.9. The van der Waals surface area contributed by atoms with Gasteiger partial charge in [0.2, 0.25) is 5.91 Å². The summed E-state index contributed by atoms with van der Waals surface area (Å²) in [6.45, 7) is 9.80. The summed E-state index contributed by atoms with van der Waals surface area (Å²) < 4.78 is 1.07. The lowest BCUT2D eigenvalue weighted by atomic mass is 10.1. The molecule has 3 nitrogen and oxygen atoms in total. The van der Waals surface area contributed by atoms with Crippen molar-refractivity contribution in [3.63, 3.8) is 0 Å². The molecule has 100 valence electrons. The Morgan fingerprint density at radius 3 is 2.44 bits per heavy atom. The van der Waals surface area contributed by atoms with Gasteiger partial charge in [-0.2, -0.15) is 0 Å². The summed E-state index contributed by atoms with van der Waals surface area (Å²) in [5.74, 6) is 0.00284. The van der Waals surface area contributed by atoms with Gasteiger partial charge < -0.3 is 10.6 Å². The number of anilines is 1. The minimum Gasteiger partial charge on any atom is -0.374 e. The largest absolute Gasteiger partial charge is 0.374 e. The molecule has 1 aromatic rings. The van der Waals surface area contributed by atoms with Crippen molar-refractivity contribution in [3.05, 3.63) is 28.2 Å². The lowest BCUT2D eigenvalue weighted by Crippen LogP contribution is -2.47. The molecule has 0 fully saturated rings. The first-order valence-electron chi connectivity index (χ1n) is 6.04. The quantitative estimate of drug-likeness (QED) is 0.897. The van der Waals surface area contributed by atoms with E-state index in [0.29, 0.717) is 0 Å². The number of carbonyl (C=O) groups is 1. The Bertz CT molecular complexity index is 438. The predicted molar refractivity (Wildman–Crippen MR) is 79.9 cm³/mol. The van der Waals surface area contributed by atoms with Gasteiger partial charge in [-0.3, -0.25) is 4.79 Å². The molecule has 1 atom stereocenters. The van der Waals surface area contributed by atoms with E-state index in [2.05, 4.69) is 26.6 Å². The van der Waals surface area contributed by atoms with Crippen LogP contribution in [0.2, 0.25) is 0 Å². The molecule has 0 aliphatic rings. The zero-order chi connectivity index (χ0) is 13.9. The van der Waals surface area contributed by atoms with E-state index in [4.69, 9.17) is 0 Å². The van der Waals surface area contributed by atoms with Crippen LogP contribution in [0.25, 0.3) is 0 Å². The van der Waals surface area contributed by atoms with Crippen molar-refractivity contribution in [2.45, 2.75) is 46.2 Å². The summed E-state index contributed by atoms with van der Waals surface area (Å²) in [4.78, 5) is 11.9. The topological polar surface area (TPSA) is 41.1 Å². The number of halogens is 1. The van der Waals surface area contributed by atoms with E-state index in [9.17, 15) is 4.79 Å². The minimum atomic E-state index is -0.259. The normalized spacial score (nSPS) is 13.0. The summed E-state index contributed by atoms with van der Waals surface area (Å²) in [5.41, 5.74) is 1.89. The van der Waals surface area contributed by atoms with Crippen molar-refractivity contribution < 1.29 is 4.79 Å². The molecule has 4 heteroatoms. The molecule has 0 aliphatic carbocycles. The first-order valence-corrected chi connectivity index (χ1v) is 6.83. The number of aryl methyl sites for hydroxylation is 1. The molecule has 0 saturated carbocycles. The number of hydrogen-bond acceptors (Lipinski definition) is 2. The second kappa shape index (κ2) is 5.74. The molecular formula is C14H21BrN2O. The molecule has 0 radical (unpaired) electrons. The van der Waals surface area contributed by atoms with E-state index in [0.717, 1.165) is 15.7 Å². The summed E-state index contributed by atoms with van der Waals surface area (Å²) in [6.07, 6.45) is 0. The molecule has 0 spiro atoms. The average molecular weight is 313 g/mol. The maximum Gasteiger partial charge on any atom is 0.242 e. The summed E-state index contributed by atoms with van der Waals surface area (Å²) in [5, 5.41) is 6.15. The fraction of sp³-hybridized carbons (Fsp3) is 0.500. The van der Waals surface area contributed by atoms with Crippen LogP contribution in [0.5, 0.6) is 0 Å². The van der Waals surface area contributed by atoms with Crippen molar-refractivity contribution in [1.82, 2.24) is 5.32 Å². The number of carbonyl (C=O) groups excluding carboxylic acids is 1. The van der Waals surface area contributed by atoms with Gasteiger partial charge in [0.15, 0.2) is 0 Å². The van der Waals surface area contributed by atoms with E-state index in [1.165, 1.54) is 0 Å². The zero-order valence-electron chi connectivity index (χ0n) is 11.6. The molecular weight excluding hydrogens is 292 g/mol. The first kappa shape index (κ1) is 15.0. The van der Waals surface area contributed by atoms with Gasteiger partial charge in [-0.05, 0) is 58.4 Å². The highest BCUT2D eigenvalue weighted by Gasteiger charge is 2.18. The number of rotatable bonds is 3. The molecule has 1 unspecified atom stereocenters. The Hall–Kier alpha value is -1.03. The first-order chi connectivity index (χ1) is 8.19. The monoisotopic (exact) mass is 312 g/mol. The summed E-state index contributed by atoms with van der Waals surface area (Å²) >= 11 is 3.46. The van der Waals surface area contributed by atoms with E-state index in [1.807, 2.05) is 52.8 Å². The third kappa shape index (κ3) is 4.69. The van der Waals surface area contributed by atoms with E-state index >= 15 is 0 Å². The minimum absolute atomic E-state index is 0.00284. The van der Waals surface area contributed by atoms with Crippen LogP contribution in [0.3, 0.4) is 0 Å². The number of nitrogens with one attached hydrogen (secondary N) is 2. The average Bonchev–Trinajstić information content (AvgIpc) is 2.21. The molecule has 0 bridgehead atoms. The van der Waals surface area contributed by atoms with Crippen LogP contribution in [0.15, 0.2) is 22.7 Å². The number of hydrogen-bond donors (Lipinski definition) is 2. The third-order valence-corrected chi connectivity index (χ3v) is 3.32. The molecule has 0 aromatic heterocycles. The van der Waals surface area contributed by atoms with Crippen molar-refractivity contribution in [2.24, 2.45) is 0 Å². The third-order valence-electron chi connectivity index (χ3n) is 2.43. The highest BCUT2D eigenvalue weighted by atomic mass is 79.9. The SMILES string of the molecule is Cc1cc(NC(C)C(=O)NC(C)(C)C)ccc1Br. The highest BCUT2D eigenvalue weighted by Crippen LogP contribution is 2.20. The molecule has 18 heavy (non-hydrogen) atoms. The van der Waals surface area contributed by atoms with Crippen LogP contribution in [-0.2, 0) is 4.79 Å². The standard InChI is InChI=1S/C14H21BrN2O/c1-9-8-11(6-7-12(9)15)16-10(2)13(18)17-14(3,4)5/h6-8,10,16H,1-5H3,(H,17,18). The Labute approximate surface area is 117 Å². The lowest BCUT2D eigenvalue weighted by Gasteiger charge is -2.24. The van der Waals surface area contributed by atoms with Crippen molar-refractivity contribution >= 4 is 27.5 Å². The molecule has 1 amide bonds. The summed E-state index contributed by atoms with van der Waals surface area (Å²) in [6, 6.07) is 5.69. The van der Waals surface area contributed by atoms with Gasteiger partial charge in [-0.1, -0.05) is 15.9 Å². The zero-order valence-corrected chi connectivity index (χ0v) is 13.2. The number of benzene rings is 1. The van der Waals surface area contributed by atoms with Gasteiger partial charge in [-0.15, -0.1) is 0 Å². The van der Waals surface area contributed by atoms with Gasteiger partial charge in [0.05, 0.1) is 0 Å². The smallest absolute Gasteiger partial charge is 0.242 e. The Morgan fingerprint density at radius 1 is 1.33 bits per heavy atom. The lowest BCUT2D eigenvalue weighted by molar-refractivity contribution is -0.122. The van der Waals surface area contributed by atoms with Crippen LogP contribution in [-0.4, -0.2) is 17.5 Å². The van der Waals surface area contributed by atoms with Gasteiger partial charge in [-0.25, -0.2) is 0 Å². The van der Waals surface area contributed by atoms with Crippen molar-refractivity contribution in [1.29, 1.82) is 0 Å². The molecule has 2 N–H and O–H groups in total. The Morgan fingerprint density at radius 2 is 1.94 bits per heavy atom. The van der Waals surface area contributed by atoms with Crippen molar-refractivity contribution in [2.75, 3.05) is 5.32 Å². The Kier molecular flexibility index (Phi) is 4.79. The molecule has 1 aromatic carbocycles. The van der Waals surface area contributed by atoms with E-state index < -0.39 is 0 Å². The molecule has 0 heterocycles. The number of amides is 1. The molecule has 0 saturated heterocycles. The second-order valence-corrected chi connectivity index (χ2v) is 6.42. The summed E-state index contributed by atoms with van der Waals surface area (Å²) in [7, 11) is 0. The van der Waals surface area contributed by atoms with Crippen LogP contribution in [0.1, 0.15) is 33.3 Å². The van der Waals surface area contributed by atoms with Gasteiger partial charge in [0, 0.05) is 15.7 Å².